The molecule has 0 saturated heterocycles. The first-order chi connectivity index (χ1) is 45.5. The van der Waals surface area contributed by atoms with Crippen molar-refractivity contribution >= 4 is 85.2 Å². The maximum atomic E-state index is 14.3. The van der Waals surface area contributed by atoms with Gasteiger partial charge in [0.05, 0.1) is 50.3 Å². The molecule has 97 heavy (non-hydrogen) atoms. The number of ketones is 2. The van der Waals surface area contributed by atoms with Gasteiger partial charge in [-0.05, 0) is 102 Å². The number of carbonyl (C=O) groups is 9. The highest BCUT2D eigenvalue weighted by molar-refractivity contribution is 9.10. The summed E-state index contributed by atoms with van der Waals surface area (Å²) in [7, 11) is 0. The number of alkyl halides is 2. The molecule has 0 spiro atoms. The summed E-state index contributed by atoms with van der Waals surface area (Å²) < 4.78 is 36.0. The van der Waals surface area contributed by atoms with Gasteiger partial charge in [-0.3, -0.25) is 28.8 Å². The predicted molar refractivity (Wildman–Crippen MR) is 383 cm³/mol. The third kappa shape index (κ3) is 31.8. The van der Waals surface area contributed by atoms with Gasteiger partial charge in [0.1, 0.15) is 33.4 Å². The smallest absolute Gasteiger partial charge is 0.333 e. The Hall–Kier alpha value is -8.09. The zero-order valence-corrected chi connectivity index (χ0v) is 61.5. The Morgan fingerprint density at radius 2 is 0.557 bits per heavy atom. The molecule has 5 aromatic carbocycles. The Kier molecular flexibility index (Phi) is 34.8. The molecular formula is C79H98Br2O16. The first kappa shape index (κ1) is 83.1. The zero-order chi connectivity index (χ0) is 72.5. The van der Waals surface area contributed by atoms with E-state index in [1.54, 1.807) is 76.2 Å². The van der Waals surface area contributed by atoms with E-state index in [2.05, 4.69) is 51.6 Å². The highest BCUT2D eigenvalue weighted by Gasteiger charge is 2.48. The number of hydrogen-bond acceptors (Lipinski definition) is 16. The number of rotatable bonds is 37. The van der Waals surface area contributed by atoms with E-state index < -0.39 is 72.2 Å². The van der Waals surface area contributed by atoms with Crippen LogP contribution in [0.4, 0.5) is 0 Å². The van der Waals surface area contributed by atoms with Gasteiger partial charge in [-0.25, -0.2) is 14.4 Å². The molecule has 0 N–H and O–H groups in total. The molecule has 0 aliphatic carbocycles. The van der Waals surface area contributed by atoms with Crippen molar-refractivity contribution in [2.75, 3.05) is 46.2 Å². The van der Waals surface area contributed by atoms with Gasteiger partial charge in [0.25, 0.3) is 0 Å². The predicted octanol–water partition coefficient (Wildman–Crippen LogP) is 15.2. The molecule has 0 saturated carbocycles. The lowest BCUT2D eigenvalue weighted by Crippen LogP contribution is -2.42. The van der Waals surface area contributed by atoms with E-state index in [1.807, 2.05) is 152 Å². The van der Waals surface area contributed by atoms with E-state index >= 15 is 0 Å². The molecule has 2 atom stereocenters. The lowest BCUT2D eigenvalue weighted by molar-refractivity contribution is -0.158. The third-order valence-electron chi connectivity index (χ3n) is 15.5. The number of halogens is 2. The second-order valence-corrected chi connectivity index (χ2v) is 30.6. The molecule has 5 rings (SSSR count). The molecule has 0 amide bonds. The average molecular weight is 1460 g/mol. The fourth-order valence-corrected chi connectivity index (χ4v) is 10.3. The quantitative estimate of drug-likeness (QED) is 0.00901. The van der Waals surface area contributed by atoms with Crippen molar-refractivity contribution in [3.8, 4) is 0 Å². The number of Topliss-reactive ketones (excluding diaryl/α,β-unsaturated/α-hetero) is 2. The summed E-state index contributed by atoms with van der Waals surface area (Å²) >= 11 is 6.33. The van der Waals surface area contributed by atoms with Crippen LogP contribution in [0.25, 0.3) is 0 Å². The van der Waals surface area contributed by atoms with Crippen LogP contribution >= 0.6 is 31.9 Å². The fraction of sp³-hybridized carbons (Fsp3) is 0.430. The molecule has 0 aliphatic rings. The molecule has 524 valence electrons. The molecule has 0 aromatic heterocycles. The Morgan fingerprint density at radius 3 is 0.794 bits per heavy atom. The van der Waals surface area contributed by atoms with Crippen molar-refractivity contribution in [3.05, 3.63) is 216 Å². The van der Waals surface area contributed by atoms with E-state index in [1.165, 1.54) is 5.56 Å². The fourth-order valence-electron chi connectivity index (χ4n) is 10.1. The topological polar surface area (TPSA) is 218 Å². The molecule has 2 unspecified atom stereocenters. The van der Waals surface area contributed by atoms with Crippen molar-refractivity contribution in [2.45, 2.75) is 149 Å². The molecule has 5 aromatic rings. The summed E-state index contributed by atoms with van der Waals surface area (Å²) in [5.74, 6) is -4.53. The summed E-state index contributed by atoms with van der Waals surface area (Å²) in [6.07, 6.45) is 1.68. The van der Waals surface area contributed by atoms with Crippen molar-refractivity contribution in [1.82, 2.24) is 0 Å². The largest absolute Gasteiger partial charge is 0.465 e. The second-order valence-electron chi connectivity index (χ2n) is 26.7. The van der Waals surface area contributed by atoms with Crippen molar-refractivity contribution in [3.63, 3.8) is 0 Å². The third-order valence-corrected chi connectivity index (χ3v) is 16.1. The summed E-state index contributed by atoms with van der Waals surface area (Å²) in [5.41, 5.74) is 0.273. The molecular weight excluding hydrogens is 1360 g/mol. The monoisotopic (exact) mass is 1460 g/mol. The summed E-state index contributed by atoms with van der Waals surface area (Å²) in [4.78, 5) is 117. The van der Waals surface area contributed by atoms with Crippen LogP contribution in [0, 0.1) is 21.7 Å². The van der Waals surface area contributed by atoms with E-state index in [0.717, 1.165) is 28.7 Å². The minimum Gasteiger partial charge on any atom is -0.465 e. The van der Waals surface area contributed by atoms with Gasteiger partial charge in [0, 0.05) is 59.7 Å². The molecule has 0 bridgehead atoms. The van der Waals surface area contributed by atoms with E-state index in [9.17, 15) is 43.2 Å². The number of carbonyl (C=O) groups excluding carboxylic acids is 9. The molecule has 0 fully saturated rings. The SMILES string of the molecule is C=C(C)C(=O)OCCc1ccccc1.C=C(CC(C)(CC(C)(C)C(=O)CC(=O)C(C)(C)CC(C)(CC(=C)C(=O)OCCc1ccccc1)C(=O)OCCc1ccccc1)C(=O)OCCc1ccccc1)C(=O)OCCc1ccccc1.CC(C)(Br)C(=O)OCCOC(=O)C(C)(C)Br. The zero-order valence-electron chi connectivity index (χ0n) is 58.4. The summed E-state index contributed by atoms with van der Waals surface area (Å²) in [6.45, 7) is 30.6. The van der Waals surface area contributed by atoms with Gasteiger partial charge in [-0.15, -0.1) is 0 Å². The van der Waals surface area contributed by atoms with Crippen LogP contribution in [0.5, 0.6) is 0 Å². The first-order valence-electron chi connectivity index (χ1n) is 32.3. The van der Waals surface area contributed by atoms with Crippen LogP contribution < -0.4 is 0 Å². The van der Waals surface area contributed by atoms with E-state index in [4.69, 9.17) is 33.2 Å². The molecule has 0 radical (unpaired) electrons. The van der Waals surface area contributed by atoms with Crippen LogP contribution in [0.15, 0.2) is 188 Å². The highest BCUT2D eigenvalue weighted by atomic mass is 79.9. The van der Waals surface area contributed by atoms with Gasteiger partial charge in [-0.2, -0.15) is 0 Å². The summed E-state index contributed by atoms with van der Waals surface area (Å²) in [5, 5.41) is 0. The van der Waals surface area contributed by atoms with Gasteiger partial charge < -0.3 is 33.2 Å². The lowest BCUT2D eigenvalue weighted by atomic mass is 9.66. The second kappa shape index (κ2) is 40.6. The molecule has 0 heterocycles. The number of ether oxygens (including phenoxy) is 7. The Labute approximate surface area is 590 Å². The van der Waals surface area contributed by atoms with Crippen LogP contribution in [0.2, 0.25) is 0 Å². The summed E-state index contributed by atoms with van der Waals surface area (Å²) in [6, 6.07) is 48.1. The lowest BCUT2D eigenvalue weighted by Gasteiger charge is -2.37. The molecule has 16 nitrogen and oxygen atoms in total. The normalized spacial score (nSPS) is 12.5. The molecule has 18 heteroatoms. The van der Waals surface area contributed by atoms with Crippen LogP contribution in [0.3, 0.4) is 0 Å². The van der Waals surface area contributed by atoms with Crippen molar-refractivity contribution in [2.24, 2.45) is 21.7 Å². The Balaban J connectivity index is 0.000000665. The maximum Gasteiger partial charge on any atom is 0.333 e. The van der Waals surface area contributed by atoms with Gasteiger partial charge in [0.15, 0.2) is 0 Å². The number of benzene rings is 5. The van der Waals surface area contributed by atoms with Crippen molar-refractivity contribution < 1.29 is 76.3 Å². The van der Waals surface area contributed by atoms with Crippen molar-refractivity contribution in [1.29, 1.82) is 0 Å². The van der Waals surface area contributed by atoms with Crippen LogP contribution in [-0.2, 0) is 108 Å². The minimum atomic E-state index is -1.41. The van der Waals surface area contributed by atoms with Gasteiger partial charge in [-0.1, -0.05) is 231 Å². The van der Waals surface area contributed by atoms with Crippen LogP contribution in [0.1, 0.15) is 136 Å². The van der Waals surface area contributed by atoms with Gasteiger partial charge >= 0.3 is 41.8 Å². The van der Waals surface area contributed by atoms with E-state index in [-0.39, 0.29) is 94.4 Å². The Morgan fingerprint density at radius 1 is 0.330 bits per heavy atom. The van der Waals surface area contributed by atoms with Gasteiger partial charge in [0.2, 0.25) is 0 Å². The number of hydrogen-bond donors (Lipinski definition) is 0. The first-order valence-corrected chi connectivity index (χ1v) is 33.9. The van der Waals surface area contributed by atoms with E-state index in [0.29, 0.717) is 37.9 Å². The molecule has 0 aliphatic heterocycles. The number of esters is 7. The minimum absolute atomic E-state index is 0.0487. The van der Waals surface area contributed by atoms with Crippen LogP contribution in [-0.4, -0.2) is 108 Å². The standard InChI is InChI=1S/C57H68O10.C12H14O2.C10H16Br2O4/c1-42(50(60)64-33-29-44-21-13-9-14-22-44)38-56(7,52(62)66-35-31-46-25-17-11-18-26-46)40-54(3,4)48(58)37-49(59)55(5,6)41-57(8,53(63)67-36-32-47-27-19-12-20-28-47)39-43(2)51(61)65-34-30-45-23-15-10-16-24-45;1-10(2)12(13)14-9-8-11-6-4-3-5-7-11;1-9(2,11)7(13)15-5-6-16-8(14)10(3,4)12/h9-28H,1-2,29-41H2,3-8H3;3-7H,1,8-9H2,2H3;5-6H2,1-4H3. The highest BCUT2D eigenvalue weighted by Crippen LogP contribution is 2.44. The average Bonchev–Trinajstić information content (AvgIpc) is 0.802. The maximum absolute atomic E-state index is 14.3. The Bertz CT molecular complexity index is 3200.